The zero-order valence-corrected chi connectivity index (χ0v) is 20.2. The molecule has 0 aromatic heterocycles. The van der Waals surface area contributed by atoms with E-state index in [-0.39, 0.29) is 11.8 Å². The molecule has 33 heavy (non-hydrogen) atoms. The number of halogens is 1. The number of likely N-dealkylation sites (tertiary alicyclic amines) is 1. The molecule has 7 heteroatoms. The summed E-state index contributed by atoms with van der Waals surface area (Å²) in [5.41, 5.74) is 3.04. The van der Waals surface area contributed by atoms with Gasteiger partial charge in [0.25, 0.3) is 5.91 Å². The number of nitrogens with zero attached hydrogens (tertiary/aromatic N) is 3. The second kappa shape index (κ2) is 10.6. The molecule has 6 nitrogen and oxygen atoms in total. The number of methoxy groups -OCH3 is 1. The Kier molecular flexibility index (Phi) is 7.56. The number of ether oxygens (including phenoxy) is 1. The number of carbonyl (C=O) groups excluding carboxylic acids is 2. The van der Waals surface area contributed by atoms with Crippen molar-refractivity contribution in [2.45, 2.75) is 38.8 Å². The summed E-state index contributed by atoms with van der Waals surface area (Å²) in [7, 11) is 1.53. The monoisotopic (exact) mass is 469 g/mol. The maximum atomic E-state index is 13.5. The van der Waals surface area contributed by atoms with Crippen LogP contribution in [0.3, 0.4) is 0 Å². The number of amides is 2. The van der Waals surface area contributed by atoms with Crippen molar-refractivity contribution in [1.82, 2.24) is 14.7 Å². The molecule has 2 fully saturated rings. The van der Waals surface area contributed by atoms with Crippen molar-refractivity contribution in [3.05, 3.63) is 64.2 Å². The summed E-state index contributed by atoms with van der Waals surface area (Å²) in [6.45, 7) is 6.82. The van der Waals surface area contributed by atoms with Gasteiger partial charge in [-0.1, -0.05) is 35.9 Å². The first-order valence-electron chi connectivity index (χ1n) is 11.7. The first-order valence-corrected chi connectivity index (χ1v) is 12.1. The molecule has 4 rings (SSSR count). The van der Waals surface area contributed by atoms with Crippen molar-refractivity contribution in [1.29, 1.82) is 0 Å². The molecule has 2 heterocycles. The molecule has 2 aromatic carbocycles. The van der Waals surface area contributed by atoms with Crippen molar-refractivity contribution >= 4 is 23.4 Å². The third-order valence-corrected chi connectivity index (χ3v) is 6.98. The molecule has 2 aromatic rings. The van der Waals surface area contributed by atoms with Crippen LogP contribution in [0.1, 0.15) is 40.7 Å². The summed E-state index contributed by atoms with van der Waals surface area (Å²) in [6.07, 6.45) is 2.44. The van der Waals surface area contributed by atoms with Crippen molar-refractivity contribution in [2.24, 2.45) is 0 Å². The average Bonchev–Trinajstić information content (AvgIpc) is 3.19. The molecule has 0 aliphatic carbocycles. The second-order valence-electron chi connectivity index (χ2n) is 8.88. The quantitative estimate of drug-likeness (QED) is 0.664. The van der Waals surface area contributed by atoms with Crippen LogP contribution >= 0.6 is 11.6 Å². The molecule has 2 amide bonds. The van der Waals surface area contributed by atoms with Gasteiger partial charge >= 0.3 is 0 Å². The Morgan fingerprint density at radius 2 is 1.85 bits per heavy atom. The number of carbonyl (C=O) groups is 2. The predicted octanol–water partition coefficient (Wildman–Crippen LogP) is 4.00. The van der Waals surface area contributed by atoms with E-state index in [2.05, 4.69) is 36.1 Å². The highest BCUT2D eigenvalue weighted by atomic mass is 35.5. The first kappa shape index (κ1) is 23.6. The number of hydrogen-bond donors (Lipinski definition) is 0. The molecule has 0 saturated carbocycles. The lowest BCUT2D eigenvalue weighted by molar-refractivity contribution is -0.135. The fourth-order valence-electron chi connectivity index (χ4n) is 4.86. The molecule has 2 saturated heterocycles. The van der Waals surface area contributed by atoms with Crippen LogP contribution in [0.25, 0.3) is 0 Å². The van der Waals surface area contributed by atoms with Crippen LogP contribution in [0.5, 0.6) is 5.75 Å². The zero-order chi connectivity index (χ0) is 23.4. The van der Waals surface area contributed by atoms with Gasteiger partial charge in [0.2, 0.25) is 5.91 Å². The minimum Gasteiger partial charge on any atom is -0.496 e. The maximum absolute atomic E-state index is 13.5. The van der Waals surface area contributed by atoms with E-state index in [1.54, 1.807) is 23.1 Å². The smallest absolute Gasteiger partial charge is 0.258 e. The normalized spacial score (nSPS) is 19.4. The van der Waals surface area contributed by atoms with Crippen LogP contribution in [-0.4, -0.2) is 72.4 Å². The van der Waals surface area contributed by atoms with Gasteiger partial charge in [0.1, 0.15) is 11.8 Å². The Hall–Kier alpha value is -2.57. The van der Waals surface area contributed by atoms with E-state index in [4.69, 9.17) is 16.3 Å². The standard InChI is InChI=1S/C26H32ClN3O3/c1-19-7-3-4-8-20(19)18-28-12-6-13-29(16-15-28)26(32)23-9-5-14-30(23)25(31)22-17-21(27)10-11-24(22)33-2/h3-4,7-8,10-11,17,23H,5-6,9,12-16,18H2,1-2H3/t23-/m1/s1. The van der Waals surface area contributed by atoms with Gasteiger partial charge in [-0.3, -0.25) is 14.5 Å². The van der Waals surface area contributed by atoms with E-state index in [0.29, 0.717) is 35.8 Å². The minimum absolute atomic E-state index is 0.0552. The largest absolute Gasteiger partial charge is 0.496 e. The van der Waals surface area contributed by atoms with Crippen molar-refractivity contribution in [3.63, 3.8) is 0 Å². The zero-order valence-electron chi connectivity index (χ0n) is 19.4. The fraction of sp³-hybridized carbons (Fsp3) is 0.462. The van der Waals surface area contributed by atoms with Crippen molar-refractivity contribution in [2.75, 3.05) is 39.8 Å². The Morgan fingerprint density at radius 1 is 1.03 bits per heavy atom. The highest BCUT2D eigenvalue weighted by Crippen LogP contribution is 2.28. The SMILES string of the molecule is COc1ccc(Cl)cc1C(=O)N1CCC[C@@H]1C(=O)N1CCCN(Cc2ccccc2C)CC1. The molecule has 176 valence electrons. The van der Waals surface area contributed by atoms with Gasteiger partial charge in [0, 0.05) is 44.3 Å². The number of aryl methyl sites for hydroxylation is 1. The van der Waals surface area contributed by atoms with E-state index >= 15 is 0 Å². The van der Waals surface area contributed by atoms with E-state index in [1.807, 2.05) is 4.90 Å². The van der Waals surface area contributed by atoms with Gasteiger partial charge in [0.15, 0.2) is 0 Å². The van der Waals surface area contributed by atoms with Crippen LogP contribution in [0.15, 0.2) is 42.5 Å². The van der Waals surface area contributed by atoms with Gasteiger partial charge < -0.3 is 14.5 Å². The summed E-state index contributed by atoms with van der Waals surface area (Å²) in [4.78, 5) is 32.9. The van der Waals surface area contributed by atoms with Gasteiger partial charge in [-0.25, -0.2) is 0 Å². The van der Waals surface area contributed by atoms with Gasteiger partial charge in [-0.05, 0) is 55.5 Å². The Balaban J connectivity index is 1.42. The van der Waals surface area contributed by atoms with Crippen LogP contribution < -0.4 is 4.74 Å². The third kappa shape index (κ3) is 5.33. The lowest BCUT2D eigenvalue weighted by atomic mass is 10.1. The topological polar surface area (TPSA) is 53.1 Å². The number of rotatable bonds is 5. The summed E-state index contributed by atoms with van der Waals surface area (Å²) >= 11 is 6.14. The van der Waals surface area contributed by atoms with Crippen LogP contribution in [0, 0.1) is 6.92 Å². The highest BCUT2D eigenvalue weighted by molar-refractivity contribution is 6.31. The van der Waals surface area contributed by atoms with Gasteiger partial charge in [0.05, 0.1) is 12.7 Å². The van der Waals surface area contributed by atoms with E-state index in [9.17, 15) is 9.59 Å². The van der Waals surface area contributed by atoms with Crippen LogP contribution in [0.2, 0.25) is 5.02 Å². The summed E-state index contributed by atoms with van der Waals surface area (Å²) in [5.74, 6) is 0.338. The summed E-state index contributed by atoms with van der Waals surface area (Å²) < 4.78 is 5.37. The van der Waals surface area contributed by atoms with Gasteiger partial charge in [-0.15, -0.1) is 0 Å². The lowest BCUT2D eigenvalue weighted by Crippen LogP contribution is -2.48. The molecule has 0 spiro atoms. The molecule has 0 N–H and O–H groups in total. The van der Waals surface area contributed by atoms with Crippen molar-refractivity contribution in [3.8, 4) is 5.75 Å². The second-order valence-corrected chi connectivity index (χ2v) is 9.32. The molecule has 0 radical (unpaired) electrons. The highest BCUT2D eigenvalue weighted by Gasteiger charge is 2.38. The van der Waals surface area contributed by atoms with Crippen molar-refractivity contribution < 1.29 is 14.3 Å². The van der Waals surface area contributed by atoms with E-state index < -0.39 is 6.04 Å². The minimum atomic E-state index is -0.427. The molecule has 2 aliphatic heterocycles. The third-order valence-electron chi connectivity index (χ3n) is 6.75. The van der Waals surface area contributed by atoms with Crippen LogP contribution in [0.4, 0.5) is 0 Å². The molecular weight excluding hydrogens is 438 g/mol. The Bertz CT molecular complexity index is 1010. The maximum Gasteiger partial charge on any atom is 0.258 e. The van der Waals surface area contributed by atoms with Gasteiger partial charge in [-0.2, -0.15) is 0 Å². The first-order chi connectivity index (χ1) is 16.0. The Labute approximate surface area is 201 Å². The number of benzene rings is 2. The van der Waals surface area contributed by atoms with E-state index in [1.165, 1.54) is 18.2 Å². The molecular formula is C26H32ClN3O3. The molecule has 0 unspecified atom stereocenters. The predicted molar refractivity (Wildman–Crippen MR) is 130 cm³/mol. The molecule has 1 atom stereocenters. The average molecular weight is 470 g/mol. The Morgan fingerprint density at radius 3 is 2.64 bits per heavy atom. The summed E-state index contributed by atoms with van der Waals surface area (Å²) in [6, 6.07) is 13.1. The fourth-order valence-corrected chi connectivity index (χ4v) is 5.03. The lowest BCUT2D eigenvalue weighted by Gasteiger charge is -2.30. The molecule has 2 aliphatic rings. The summed E-state index contributed by atoms with van der Waals surface area (Å²) in [5, 5.41) is 0.475. The van der Waals surface area contributed by atoms with E-state index in [0.717, 1.165) is 39.0 Å². The number of hydrogen-bond acceptors (Lipinski definition) is 4. The molecule has 0 bridgehead atoms. The van der Waals surface area contributed by atoms with Crippen LogP contribution in [-0.2, 0) is 11.3 Å².